The average molecular weight is 536 g/mol. The number of nitrogens with one attached hydrogen (secondary N) is 2. The number of carbonyl (C=O) groups is 2. The van der Waals surface area contributed by atoms with Gasteiger partial charge in [0.2, 0.25) is 5.91 Å². The number of sulfone groups is 1. The van der Waals surface area contributed by atoms with Gasteiger partial charge in [-0.2, -0.15) is 0 Å². The number of hydrogen-bond acceptors (Lipinski definition) is 5. The van der Waals surface area contributed by atoms with Crippen molar-refractivity contribution >= 4 is 21.8 Å². The number of hydrogen-bond donors (Lipinski definition) is 2. The molecule has 4 rings (SSSR count). The van der Waals surface area contributed by atoms with E-state index in [0.717, 1.165) is 11.1 Å². The fourth-order valence-corrected chi connectivity index (χ4v) is 5.91. The molecule has 1 unspecified atom stereocenters. The van der Waals surface area contributed by atoms with Crippen molar-refractivity contribution in [1.82, 2.24) is 15.5 Å². The minimum Gasteiger partial charge on any atom is -0.378 e. The lowest BCUT2D eigenvalue weighted by molar-refractivity contribution is -0.123. The third kappa shape index (κ3) is 7.43. The van der Waals surface area contributed by atoms with Gasteiger partial charge in [-0.05, 0) is 36.1 Å². The van der Waals surface area contributed by atoms with E-state index in [-0.39, 0.29) is 23.8 Å². The maximum absolute atomic E-state index is 13.6. The highest BCUT2D eigenvalue weighted by atomic mass is 32.2. The molecule has 3 aromatic carbocycles. The number of rotatable bonds is 10. The molecule has 0 spiro atoms. The zero-order valence-corrected chi connectivity index (χ0v) is 22.0. The Labute approximate surface area is 223 Å². The van der Waals surface area contributed by atoms with E-state index in [1.54, 1.807) is 23.1 Å². The van der Waals surface area contributed by atoms with E-state index in [9.17, 15) is 18.0 Å². The summed E-state index contributed by atoms with van der Waals surface area (Å²) in [5.74, 6) is -0.548. The first-order valence-electron chi connectivity index (χ1n) is 12.7. The first-order valence-corrected chi connectivity index (χ1v) is 14.3. The van der Waals surface area contributed by atoms with Crippen LogP contribution >= 0.6 is 0 Å². The van der Waals surface area contributed by atoms with E-state index < -0.39 is 27.2 Å². The number of amides is 3. The number of benzene rings is 3. The lowest BCUT2D eigenvalue weighted by Crippen LogP contribution is -2.56. The van der Waals surface area contributed by atoms with E-state index in [2.05, 4.69) is 10.6 Å². The van der Waals surface area contributed by atoms with Gasteiger partial charge in [0.1, 0.15) is 11.4 Å². The summed E-state index contributed by atoms with van der Waals surface area (Å²) in [5, 5.41) is 4.43. The van der Waals surface area contributed by atoms with Gasteiger partial charge in [-0.25, -0.2) is 13.2 Å². The van der Waals surface area contributed by atoms with E-state index in [1.807, 2.05) is 60.7 Å². The molecule has 0 aliphatic carbocycles. The van der Waals surface area contributed by atoms with E-state index in [4.69, 9.17) is 4.74 Å². The summed E-state index contributed by atoms with van der Waals surface area (Å²) in [6.45, 7) is 1.71. The highest BCUT2D eigenvalue weighted by Gasteiger charge is 2.32. The molecule has 1 saturated heterocycles. The largest absolute Gasteiger partial charge is 0.378 e. The molecule has 9 heteroatoms. The van der Waals surface area contributed by atoms with Crippen LogP contribution in [0.3, 0.4) is 0 Å². The van der Waals surface area contributed by atoms with Crippen LogP contribution in [0.5, 0.6) is 0 Å². The van der Waals surface area contributed by atoms with Crippen molar-refractivity contribution in [3.8, 4) is 0 Å². The van der Waals surface area contributed by atoms with Crippen molar-refractivity contribution in [3.05, 3.63) is 102 Å². The molecule has 8 nitrogen and oxygen atoms in total. The molecule has 3 amide bonds. The summed E-state index contributed by atoms with van der Waals surface area (Å²) in [7, 11) is -3.89. The molecule has 1 aliphatic heterocycles. The molecule has 38 heavy (non-hydrogen) atoms. The van der Waals surface area contributed by atoms with E-state index in [1.165, 1.54) is 12.1 Å². The van der Waals surface area contributed by atoms with E-state index in [0.29, 0.717) is 32.7 Å². The maximum atomic E-state index is 13.6. The molecule has 1 fully saturated rings. The maximum Gasteiger partial charge on any atom is 0.318 e. The molecule has 2 N–H and O–H groups in total. The van der Waals surface area contributed by atoms with Crippen LogP contribution in [0.2, 0.25) is 0 Å². The predicted octanol–water partition coefficient (Wildman–Crippen LogP) is 3.19. The molecule has 0 saturated carbocycles. The molecule has 0 aromatic heterocycles. The molecule has 1 heterocycles. The zero-order valence-electron chi connectivity index (χ0n) is 21.2. The Hall–Kier alpha value is -3.69. The van der Waals surface area contributed by atoms with Gasteiger partial charge >= 0.3 is 6.03 Å². The third-order valence-electron chi connectivity index (χ3n) is 6.48. The number of ether oxygens (including phenoxy) is 1. The first-order chi connectivity index (χ1) is 18.4. The van der Waals surface area contributed by atoms with Gasteiger partial charge in [-0.3, -0.25) is 4.79 Å². The first kappa shape index (κ1) is 27.3. The standard InChI is InChI=1S/C29H33N3O5S/c33-28(26(22-24-12-6-2-7-13-24)30-29(34)32-18-20-37-21-19-32)31-27(17-16-23-10-4-1-5-11-23)38(35,36)25-14-8-3-9-15-25/h1-15,26-27H,16-22H2,(H,30,34)(H,31,33)/t26?,27-/m1/s1. The average Bonchev–Trinajstić information content (AvgIpc) is 2.96. The van der Waals surface area contributed by atoms with Crippen molar-refractivity contribution < 1.29 is 22.7 Å². The van der Waals surface area contributed by atoms with Gasteiger partial charge in [-0.1, -0.05) is 78.9 Å². The summed E-state index contributed by atoms with van der Waals surface area (Å²) in [4.78, 5) is 28.3. The number of nitrogens with zero attached hydrogens (tertiary/aromatic N) is 1. The van der Waals surface area contributed by atoms with Gasteiger partial charge in [0, 0.05) is 19.5 Å². The Kier molecular flexibility index (Phi) is 9.51. The second-order valence-electron chi connectivity index (χ2n) is 9.17. The normalized spacial score (nSPS) is 15.3. The predicted molar refractivity (Wildman–Crippen MR) is 145 cm³/mol. The molecular weight excluding hydrogens is 502 g/mol. The Bertz CT molecular complexity index is 1280. The smallest absolute Gasteiger partial charge is 0.318 e. The molecule has 0 radical (unpaired) electrons. The van der Waals surface area contributed by atoms with Crippen molar-refractivity contribution in [1.29, 1.82) is 0 Å². The van der Waals surface area contributed by atoms with Crippen molar-refractivity contribution in [2.45, 2.75) is 35.6 Å². The van der Waals surface area contributed by atoms with Gasteiger partial charge in [0.15, 0.2) is 9.84 Å². The fraction of sp³-hybridized carbons (Fsp3) is 0.310. The van der Waals surface area contributed by atoms with Crippen LogP contribution in [-0.4, -0.2) is 63.0 Å². The quantitative estimate of drug-likeness (QED) is 0.415. The van der Waals surface area contributed by atoms with Gasteiger partial charge < -0.3 is 20.3 Å². The Morgan fingerprint density at radius 1 is 0.789 bits per heavy atom. The Balaban J connectivity index is 1.56. The summed E-state index contributed by atoms with van der Waals surface area (Å²) in [6.07, 6.45) is 0.864. The number of carbonyl (C=O) groups excluding carboxylic acids is 2. The Morgan fingerprint density at radius 3 is 1.95 bits per heavy atom. The SMILES string of the molecule is O=C(N[C@@H](CCc1ccccc1)S(=O)(=O)c1ccccc1)C(Cc1ccccc1)NC(=O)N1CCOCC1. The van der Waals surface area contributed by atoms with Crippen molar-refractivity contribution in [2.24, 2.45) is 0 Å². The van der Waals surface area contributed by atoms with Crippen LogP contribution in [0.15, 0.2) is 95.9 Å². The summed E-state index contributed by atoms with van der Waals surface area (Å²) >= 11 is 0. The zero-order chi connectivity index (χ0) is 26.8. The minimum atomic E-state index is -3.89. The number of urea groups is 1. The van der Waals surface area contributed by atoms with Gasteiger partial charge in [0.05, 0.1) is 18.1 Å². The highest BCUT2D eigenvalue weighted by Crippen LogP contribution is 2.19. The molecule has 2 atom stereocenters. The number of morpholine rings is 1. The van der Waals surface area contributed by atoms with Crippen LogP contribution in [0.25, 0.3) is 0 Å². The van der Waals surface area contributed by atoms with Crippen LogP contribution in [-0.2, 0) is 32.2 Å². The molecular formula is C29H33N3O5S. The molecule has 0 bridgehead atoms. The number of aryl methyl sites for hydroxylation is 1. The second-order valence-corrected chi connectivity index (χ2v) is 11.3. The van der Waals surface area contributed by atoms with Crippen LogP contribution < -0.4 is 10.6 Å². The van der Waals surface area contributed by atoms with Crippen molar-refractivity contribution in [2.75, 3.05) is 26.3 Å². The minimum absolute atomic E-state index is 0.135. The van der Waals surface area contributed by atoms with Crippen LogP contribution in [0.1, 0.15) is 17.5 Å². The van der Waals surface area contributed by atoms with Gasteiger partial charge in [0.25, 0.3) is 0 Å². The fourth-order valence-electron chi connectivity index (χ4n) is 4.35. The third-order valence-corrected chi connectivity index (χ3v) is 8.51. The second kappa shape index (κ2) is 13.2. The molecule has 3 aromatic rings. The monoisotopic (exact) mass is 535 g/mol. The van der Waals surface area contributed by atoms with E-state index >= 15 is 0 Å². The lowest BCUT2D eigenvalue weighted by atomic mass is 10.0. The molecule has 1 aliphatic rings. The Morgan fingerprint density at radius 2 is 1.34 bits per heavy atom. The highest BCUT2D eigenvalue weighted by molar-refractivity contribution is 7.92. The summed E-state index contributed by atoms with van der Waals surface area (Å²) in [6, 6.07) is 25.6. The topological polar surface area (TPSA) is 105 Å². The summed E-state index contributed by atoms with van der Waals surface area (Å²) < 4.78 is 32.6. The van der Waals surface area contributed by atoms with Gasteiger partial charge in [-0.15, -0.1) is 0 Å². The lowest BCUT2D eigenvalue weighted by Gasteiger charge is -2.30. The summed E-state index contributed by atoms with van der Waals surface area (Å²) in [5.41, 5.74) is 1.82. The van der Waals surface area contributed by atoms with Crippen LogP contribution in [0.4, 0.5) is 4.79 Å². The molecule has 200 valence electrons. The van der Waals surface area contributed by atoms with Crippen molar-refractivity contribution in [3.63, 3.8) is 0 Å². The van der Waals surface area contributed by atoms with Crippen LogP contribution in [0, 0.1) is 0 Å².